The third-order valence-corrected chi connectivity index (χ3v) is 7.44. The SMILES string of the molecule is B[C@@H]1O[C@H](COCOC2C(O)[C@H](B)O[C@@H]2COP(C)(=O)OC2C[C@H](B)O[C@@H]2CO)C(O)C1O. The summed E-state index contributed by atoms with van der Waals surface area (Å²) in [6, 6.07) is -1.17. The first-order valence-corrected chi connectivity index (χ1v) is 13.2. The standard InChI is InChI=1S/C17H34B3O12P/c1-33(25,32-7-2-11(18)29-8(7)3-21)28-5-10-15(14(24)17(20)31-10)27-6-26-4-9-12(22)13(23)16(19)30-9/h7-17,21-24H,2-6,18-20H2,1H3/t7?,8-,9-,10-,11-,12?,13?,14?,15?,16-,17-,33?/m1/s1. The minimum absolute atomic E-state index is 0.00509. The van der Waals surface area contributed by atoms with Crippen LogP contribution in [0.3, 0.4) is 0 Å². The van der Waals surface area contributed by atoms with Gasteiger partial charge in [-0.05, 0) is 6.42 Å². The van der Waals surface area contributed by atoms with Crippen LogP contribution in [0.1, 0.15) is 6.42 Å². The van der Waals surface area contributed by atoms with E-state index in [1.54, 1.807) is 15.7 Å². The van der Waals surface area contributed by atoms with E-state index in [0.717, 1.165) is 0 Å². The molecule has 12 nitrogen and oxygen atoms in total. The van der Waals surface area contributed by atoms with Crippen LogP contribution in [-0.2, 0) is 37.3 Å². The number of rotatable bonds is 11. The van der Waals surface area contributed by atoms with Gasteiger partial charge in [-0.1, -0.05) is 0 Å². The highest BCUT2D eigenvalue weighted by Crippen LogP contribution is 2.48. The van der Waals surface area contributed by atoms with Crippen molar-refractivity contribution in [2.45, 2.75) is 73.3 Å². The number of hydrogen-bond donors (Lipinski definition) is 4. The molecule has 188 valence electrons. The van der Waals surface area contributed by atoms with Crippen LogP contribution in [0, 0.1) is 0 Å². The monoisotopic (exact) mass is 494 g/mol. The van der Waals surface area contributed by atoms with Gasteiger partial charge < -0.3 is 53.2 Å². The van der Waals surface area contributed by atoms with Crippen molar-refractivity contribution in [3.8, 4) is 0 Å². The van der Waals surface area contributed by atoms with Crippen LogP contribution in [0.15, 0.2) is 0 Å². The molecule has 0 aromatic heterocycles. The van der Waals surface area contributed by atoms with Crippen molar-refractivity contribution in [1.29, 1.82) is 0 Å². The van der Waals surface area contributed by atoms with Crippen molar-refractivity contribution in [2.24, 2.45) is 0 Å². The molecule has 3 rings (SSSR count). The van der Waals surface area contributed by atoms with Gasteiger partial charge >= 0.3 is 7.60 Å². The molecule has 12 atom stereocenters. The third-order valence-electron chi connectivity index (χ3n) is 6.17. The maximum atomic E-state index is 12.8. The second-order valence-corrected chi connectivity index (χ2v) is 11.0. The second kappa shape index (κ2) is 11.8. The molecular formula is C17H34B3O12P. The molecule has 16 heteroatoms. The molecule has 0 aliphatic carbocycles. The van der Waals surface area contributed by atoms with Gasteiger partial charge in [-0.25, -0.2) is 0 Å². The molecule has 0 bridgehead atoms. The molecule has 3 saturated heterocycles. The van der Waals surface area contributed by atoms with E-state index in [1.807, 2.05) is 7.85 Å². The average molecular weight is 494 g/mol. The van der Waals surface area contributed by atoms with Gasteiger partial charge in [-0.3, -0.25) is 4.57 Å². The van der Waals surface area contributed by atoms with Crippen molar-refractivity contribution >= 4 is 31.1 Å². The fourth-order valence-electron chi connectivity index (χ4n) is 4.30. The van der Waals surface area contributed by atoms with Crippen molar-refractivity contribution in [2.75, 3.05) is 33.3 Å². The van der Waals surface area contributed by atoms with E-state index in [4.69, 9.17) is 32.7 Å². The largest absolute Gasteiger partial charge is 0.394 e. The first-order valence-electron chi connectivity index (χ1n) is 11.2. The molecule has 0 aromatic rings. The summed E-state index contributed by atoms with van der Waals surface area (Å²) in [4.78, 5) is 0. The Bertz CT molecular complexity index is 679. The molecule has 3 fully saturated rings. The number of ether oxygens (including phenoxy) is 5. The van der Waals surface area contributed by atoms with E-state index in [0.29, 0.717) is 6.42 Å². The number of aliphatic hydroxyl groups excluding tert-OH is 4. The lowest BCUT2D eigenvalue weighted by Gasteiger charge is -2.25. The fraction of sp³-hybridized carbons (Fsp3) is 1.00. The van der Waals surface area contributed by atoms with Crippen LogP contribution < -0.4 is 0 Å². The van der Waals surface area contributed by atoms with E-state index in [9.17, 15) is 25.0 Å². The Morgan fingerprint density at radius 1 is 0.939 bits per heavy atom. The maximum Gasteiger partial charge on any atom is 0.328 e. The fourth-order valence-corrected chi connectivity index (χ4v) is 5.49. The van der Waals surface area contributed by atoms with Crippen molar-refractivity contribution in [1.82, 2.24) is 0 Å². The Balaban J connectivity index is 1.45. The van der Waals surface area contributed by atoms with Crippen molar-refractivity contribution in [3.63, 3.8) is 0 Å². The topological polar surface area (TPSA) is 163 Å². The van der Waals surface area contributed by atoms with Gasteiger partial charge in [-0.2, -0.15) is 0 Å². The van der Waals surface area contributed by atoms with Gasteiger partial charge in [0.1, 0.15) is 73.1 Å². The predicted octanol–water partition coefficient (Wildman–Crippen LogP) is -4.89. The highest BCUT2D eigenvalue weighted by atomic mass is 31.2. The number of aliphatic hydroxyl groups is 4. The average Bonchev–Trinajstić information content (AvgIpc) is 3.33. The highest BCUT2D eigenvalue weighted by molar-refractivity contribution is 7.53. The molecule has 6 unspecified atom stereocenters. The Labute approximate surface area is 195 Å². The summed E-state index contributed by atoms with van der Waals surface area (Å²) < 4.78 is 51.6. The molecule has 4 N–H and O–H groups in total. The zero-order valence-electron chi connectivity index (χ0n) is 19.4. The summed E-state index contributed by atoms with van der Waals surface area (Å²) in [6.45, 7) is 0.707. The van der Waals surface area contributed by atoms with E-state index >= 15 is 0 Å². The predicted molar refractivity (Wildman–Crippen MR) is 121 cm³/mol. The highest BCUT2D eigenvalue weighted by Gasteiger charge is 2.44. The maximum absolute atomic E-state index is 12.8. The Hall–Kier alpha value is -0.0152. The second-order valence-electron chi connectivity index (χ2n) is 8.97. The molecule has 0 spiro atoms. The van der Waals surface area contributed by atoms with Gasteiger partial charge in [0.25, 0.3) is 0 Å². The molecule has 0 amide bonds. The summed E-state index contributed by atoms with van der Waals surface area (Å²) in [5, 5.41) is 39.5. The minimum Gasteiger partial charge on any atom is -0.394 e. The molecule has 33 heavy (non-hydrogen) atoms. The van der Waals surface area contributed by atoms with Gasteiger partial charge in [-0.15, -0.1) is 0 Å². The molecule has 0 saturated carbocycles. The smallest absolute Gasteiger partial charge is 0.328 e. The van der Waals surface area contributed by atoms with Gasteiger partial charge in [0.2, 0.25) is 0 Å². The van der Waals surface area contributed by atoms with Gasteiger partial charge in [0.15, 0.2) is 0 Å². The lowest BCUT2D eigenvalue weighted by molar-refractivity contribution is -0.147. The van der Waals surface area contributed by atoms with E-state index in [-0.39, 0.29) is 32.6 Å². The zero-order valence-corrected chi connectivity index (χ0v) is 20.3. The summed E-state index contributed by atoms with van der Waals surface area (Å²) in [5.74, 6) is 0. The quantitative estimate of drug-likeness (QED) is 0.0940. The van der Waals surface area contributed by atoms with Gasteiger partial charge in [0, 0.05) is 12.7 Å². The summed E-state index contributed by atoms with van der Waals surface area (Å²) in [7, 11) is 1.67. The van der Waals surface area contributed by atoms with Crippen molar-refractivity contribution < 1.29 is 57.7 Å². The van der Waals surface area contributed by atoms with Crippen LogP contribution in [0.4, 0.5) is 0 Å². The molecule has 3 aliphatic rings. The van der Waals surface area contributed by atoms with E-state index in [2.05, 4.69) is 0 Å². The normalized spacial score (nSPS) is 45.4. The van der Waals surface area contributed by atoms with Crippen LogP contribution in [0.25, 0.3) is 0 Å². The Morgan fingerprint density at radius 3 is 2.24 bits per heavy atom. The first-order chi connectivity index (χ1) is 15.5. The third kappa shape index (κ3) is 7.02. The van der Waals surface area contributed by atoms with E-state index in [1.165, 1.54) is 6.66 Å². The lowest BCUT2D eigenvalue weighted by atomic mass is 9.93. The molecule has 0 aromatic carbocycles. The zero-order chi connectivity index (χ0) is 24.3. The molecular weight excluding hydrogens is 460 g/mol. The van der Waals surface area contributed by atoms with Crippen molar-refractivity contribution in [3.05, 3.63) is 0 Å². The summed E-state index contributed by atoms with van der Waals surface area (Å²) in [6.07, 6.45) is -5.85. The van der Waals surface area contributed by atoms with E-state index < -0.39 is 68.4 Å². The Kier molecular flexibility index (Phi) is 9.87. The van der Waals surface area contributed by atoms with Crippen LogP contribution in [0.5, 0.6) is 0 Å². The molecule has 0 radical (unpaired) electrons. The van der Waals surface area contributed by atoms with Crippen LogP contribution in [-0.4, -0.2) is 144 Å². The van der Waals surface area contributed by atoms with Crippen LogP contribution >= 0.6 is 7.60 Å². The lowest BCUT2D eigenvalue weighted by Crippen LogP contribution is -2.38. The summed E-state index contributed by atoms with van der Waals surface area (Å²) >= 11 is 0. The first kappa shape index (κ1) is 27.6. The minimum atomic E-state index is -3.51. The molecule has 3 heterocycles. The van der Waals surface area contributed by atoms with Gasteiger partial charge in [0.05, 0.1) is 37.9 Å². The summed E-state index contributed by atoms with van der Waals surface area (Å²) in [5.41, 5.74) is 0. The number of hydrogen-bond acceptors (Lipinski definition) is 12. The molecule has 3 aliphatic heterocycles. The van der Waals surface area contributed by atoms with Crippen LogP contribution in [0.2, 0.25) is 0 Å². The Morgan fingerprint density at radius 2 is 1.61 bits per heavy atom.